The molecule has 74 valence electrons. The minimum atomic E-state index is -0.168. The zero-order valence-electron chi connectivity index (χ0n) is 8.08. The van der Waals surface area contributed by atoms with Crippen molar-refractivity contribution in [1.29, 1.82) is 0 Å². The monoisotopic (exact) mass is 183 g/mol. The molecule has 0 rings (SSSR count). The molecule has 3 heteroatoms. The summed E-state index contributed by atoms with van der Waals surface area (Å²) >= 11 is 0. The second-order valence-electron chi connectivity index (χ2n) is 2.55. The Morgan fingerprint density at radius 3 is 3.00 bits per heavy atom. The van der Waals surface area contributed by atoms with E-state index >= 15 is 0 Å². The fourth-order valence-corrected chi connectivity index (χ4v) is 0.644. The molecule has 0 spiro atoms. The first-order valence-corrected chi connectivity index (χ1v) is 4.48. The van der Waals surface area contributed by atoms with Crippen molar-refractivity contribution in [2.45, 2.75) is 19.8 Å². The molecule has 3 nitrogen and oxygen atoms in total. The highest BCUT2D eigenvalue weighted by Gasteiger charge is 1.87. The van der Waals surface area contributed by atoms with Crippen LogP contribution in [-0.4, -0.2) is 19.1 Å². The third-order valence-corrected chi connectivity index (χ3v) is 1.39. The first-order valence-electron chi connectivity index (χ1n) is 4.48. The van der Waals surface area contributed by atoms with Gasteiger partial charge in [-0.25, -0.2) is 0 Å². The van der Waals surface area contributed by atoms with Crippen molar-refractivity contribution < 1.29 is 9.53 Å². The highest BCUT2D eigenvalue weighted by atomic mass is 16.5. The number of hydrogen-bond donors (Lipinski definition) is 1. The summed E-state index contributed by atoms with van der Waals surface area (Å²) in [6.45, 7) is 6.66. The Morgan fingerprint density at radius 2 is 2.38 bits per heavy atom. The summed E-state index contributed by atoms with van der Waals surface area (Å²) in [4.78, 5) is 10.6. The van der Waals surface area contributed by atoms with E-state index in [1.165, 1.54) is 6.08 Å². The van der Waals surface area contributed by atoms with Gasteiger partial charge in [0.2, 0.25) is 5.91 Å². The minimum Gasteiger partial charge on any atom is -0.501 e. The fourth-order valence-electron chi connectivity index (χ4n) is 0.644. The average molecular weight is 183 g/mol. The Morgan fingerprint density at radius 1 is 1.62 bits per heavy atom. The maximum Gasteiger partial charge on any atom is 0.243 e. The van der Waals surface area contributed by atoms with Crippen LogP contribution in [0.15, 0.2) is 25.0 Å². The molecule has 0 saturated heterocycles. The van der Waals surface area contributed by atoms with Gasteiger partial charge < -0.3 is 10.1 Å². The van der Waals surface area contributed by atoms with Crippen molar-refractivity contribution in [2.75, 3.05) is 13.2 Å². The average Bonchev–Trinajstić information content (AvgIpc) is 2.16. The lowest BCUT2D eigenvalue weighted by molar-refractivity contribution is -0.116. The largest absolute Gasteiger partial charge is 0.501 e. The van der Waals surface area contributed by atoms with Crippen molar-refractivity contribution in [3.8, 4) is 0 Å². The van der Waals surface area contributed by atoms with E-state index < -0.39 is 0 Å². The number of carbonyl (C=O) groups excluding carboxylic acids is 1. The van der Waals surface area contributed by atoms with Gasteiger partial charge in [-0.1, -0.05) is 19.9 Å². The van der Waals surface area contributed by atoms with E-state index in [1.807, 2.05) is 0 Å². The molecule has 0 bridgehead atoms. The number of ether oxygens (including phenoxy) is 1. The summed E-state index contributed by atoms with van der Waals surface area (Å²) in [6.07, 6.45) is 6.80. The van der Waals surface area contributed by atoms with Crippen LogP contribution in [0.2, 0.25) is 0 Å². The van der Waals surface area contributed by atoms with E-state index in [-0.39, 0.29) is 5.91 Å². The first kappa shape index (κ1) is 11.8. The van der Waals surface area contributed by atoms with E-state index in [0.717, 1.165) is 19.4 Å². The summed E-state index contributed by atoms with van der Waals surface area (Å²) in [7, 11) is 0. The third-order valence-electron chi connectivity index (χ3n) is 1.39. The van der Waals surface area contributed by atoms with Crippen molar-refractivity contribution in [2.24, 2.45) is 0 Å². The highest BCUT2D eigenvalue weighted by Crippen LogP contribution is 1.87. The van der Waals surface area contributed by atoms with Crippen LogP contribution in [0, 0.1) is 0 Å². The maximum absolute atomic E-state index is 10.6. The number of nitrogens with one attached hydrogen (secondary N) is 1. The Bertz CT molecular complexity index is 176. The minimum absolute atomic E-state index is 0.168. The smallest absolute Gasteiger partial charge is 0.243 e. The van der Waals surface area contributed by atoms with Gasteiger partial charge in [-0.05, 0) is 18.6 Å². The van der Waals surface area contributed by atoms with E-state index in [0.29, 0.717) is 6.54 Å². The second-order valence-corrected chi connectivity index (χ2v) is 2.55. The molecular weight excluding hydrogens is 166 g/mol. The summed E-state index contributed by atoms with van der Waals surface area (Å²) in [6, 6.07) is 0. The fraction of sp³-hybridized carbons (Fsp3) is 0.500. The van der Waals surface area contributed by atoms with Crippen molar-refractivity contribution in [3.05, 3.63) is 25.0 Å². The lowest BCUT2D eigenvalue weighted by Crippen LogP contribution is -2.20. The Kier molecular flexibility index (Phi) is 7.99. The van der Waals surface area contributed by atoms with Crippen LogP contribution in [-0.2, 0) is 9.53 Å². The topological polar surface area (TPSA) is 38.3 Å². The molecule has 0 saturated carbocycles. The maximum atomic E-state index is 10.6. The van der Waals surface area contributed by atoms with Gasteiger partial charge in [-0.15, -0.1) is 0 Å². The van der Waals surface area contributed by atoms with Crippen molar-refractivity contribution in [3.63, 3.8) is 0 Å². The first-order chi connectivity index (χ1) is 6.31. The summed E-state index contributed by atoms with van der Waals surface area (Å²) in [5.41, 5.74) is 0. The van der Waals surface area contributed by atoms with Gasteiger partial charge in [0.15, 0.2) is 0 Å². The van der Waals surface area contributed by atoms with Gasteiger partial charge in [0.05, 0.1) is 12.9 Å². The molecule has 0 aromatic carbocycles. The van der Waals surface area contributed by atoms with Crippen LogP contribution < -0.4 is 5.32 Å². The number of hydrogen-bond acceptors (Lipinski definition) is 2. The Labute approximate surface area is 79.5 Å². The van der Waals surface area contributed by atoms with Gasteiger partial charge in [0.1, 0.15) is 0 Å². The lowest BCUT2D eigenvalue weighted by Gasteiger charge is -1.98. The molecule has 0 aliphatic heterocycles. The zero-order valence-corrected chi connectivity index (χ0v) is 8.08. The van der Waals surface area contributed by atoms with E-state index in [2.05, 4.69) is 18.8 Å². The van der Waals surface area contributed by atoms with Crippen LogP contribution in [0.1, 0.15) is 19.8 Å². The highest BCUT2D eigenvalue weighted by molar-refractivity contribution is 5.86. The predicted molar refractivity (Wildman–Crippen MR) is 53.2 cm³/mol. The van der Waals surface area contributed by atoms with Gasteiger partial charge in [-0.2, -0.15) is 0 Å². The van der Waals surface area contributed by atoms with Crippen LogP contribution in [0.3, 0.4) is 0 Å². The Balaban J connectivity index is 3.21. The normalized spacial score (nSPS) is 9.92. The molecule has 0 radical (unpaired) electrons. The quantitative estimate of drug-likeness (QED) is 0.370. The van der Waals surface area contributed by atoms with Crippen LogP contribution in [0.5, 0.6) is 0 Å². The number of unbranched alkanes of at least 4 members (excludes halogenated alkanes) is 1. The standard InChI is InChI=1S/C10H17NO2/c1-3-5-8-13-9-6-7-11-10(12)4-2/h4,6,9H,2-3,5,7-8H2,1H3,(H,11,12). The van der Waals surface area contributed by atoms with Gasteiger partial charge in [-0.3, -0.25) is 4.79 Å². The van der Waals surface area contributed by atoms with Crippen molar-refractivity contribution in [1.82, 2.24) is 5.32 Å². The molecule has 0 fully saturated rings. The molecule has 0 aromatic rings. The molecule has 0 aliphatic carbocycles. The molecule has 1 amide bonds. The molecular formula is C10H17NO2. The Hall–Kier alpha value is -1.25. The zero-order chi connectivity index (χ0) is 9.94. The molecule has 0 unspecified atom stereocenters. The molecule has 13 heavy (non-hydrogen) atoms. The predicted octanol–water partition coefficient (Wildman–Crippen LogP) is 1.62. The SMILES string of the molecule is C=CC(=O)NCC=COCCCC. The molecule has 1 N–H and O–H groups in total. The lowest BCUT2D eigenvalue weighted by atomic mass is 10.4. The van der Waals surface area contributed by atoms with Gasteiger partial charge in [0.25, 0.3) is 0 Å². The number of rotatable bonds is 7. The van der Waals surface area contributed by atoms with E-state index in [9.17, 15) is 4.79 Å². The molecule has 0 heterocycles. The summed E-state index contributed by atoms with van der Waals surface area (Å²) in [5, 5.41) is 2.60. The van der Waals surface area contributed by atoms with E-state index in [4.69, 9.17) is 4.74 Å². The molecule has 0 aromatic heterocycles. The molecule has 0 atom stereocenters. The third kappa shape index (κ3) is 8.66. The van der Waals surface area contributed by atoms with E-state index in [1.54, 1.807) is 12.3 Å². The van der Waals surface area contributed by atoms with Crippen LogP contribution in [0.4, 0.5) is 0 Å². The second kappa shape index (κ2) is 8.84. The van der Waals surface area contributed by atoms with Gasteiger partial charge in [0, 0.05) is 6.54 Å². The number of carbonyl (C=O) groups is 1. The van der Waals surface area contributed by atoms with Crippen LogP contribution >= 0.6 is 0 Å². The van der Waals surface area contributed by atoms with Crippen LogP contribution in [0.25, 0.3) is 0 Å². The van der Waals surface area contributed by atoms with Crippen molar-refractivity contribution >= 4 is 5.91 Å². The van der Waals surface area contributed by atoms with Gasteiger partial charge >= 0.3 is 0 Å². The number of amides is 1. The molecule has 0 aliphatic rings. The summed E-state index contributed by atoms with van der Waals surface area (Å²) in [5.74, 6) is -0.168. The summed E-state index contributed by atoms with van der Waals surface area (Å²) < 4.78 is 5.13.